The zero-order valence-electron chi connectivity index (χ0n) is 20.8. The Hall–Kier alpha value is -1.96. The lowest BCUT2D eigenvalue weighted by Crippen LogP contribution is -2.52. The van der Waals surface area contributed by atoms with Crippen molar-refractivity contribution < 1.29 is 9.59 Å². The van der Waals surface area contributed by atoms with E-state index in [-0.39, 0.29) is 17.9 Å². The van der Waals surface area contributed by atoms with E-state index in [0.717, 1.165) is 25.7 Å². The van der Waals surface area contributed by atoms with Gasteiger partial charge in [-0.2, -0.15) is 0 Å². The van der Waals surface area contributed by atoms with E-state index in [1.54, 1.807) is 0 Å². The average Bonchev–Trinajstić information content (AvgIpc) is 3.47. The van der Waals surface area contributed by atoms with Crippen LogP contribution in [0.1, 0.15) is 76.2 Å². The molecule has 2 amide bonds. The molecule has 2 aliphatic rings. The minimum Gasteiger partial charge on any atom is -0.355 e. The van der Waals surface area contributed by atoms with Crippen LogP contribution >= 0.6 is 0 Å². The number of benzene rings is 1. The van der Waals surface area contributed by atoms with Crippen LogP contribution in [-0.2, 0) is 9.59 Å². The number of nitrogens with two attached hydrogens (primary N) is 3. The summed E-state index contributed by atoms with van der Waals surface area (Å²) in [5.74, 6) is 1.63. The minimum absolute atomic E-state index is 0.0759. The van der Waals surface area contributed by atoms with Gasteiger partial charge in [-0.15, -0.1) is 0 Å². The Morgan fingerprint density at radius 3 is 2.38 bits per heavy atom. The van der Waals surface area contributed by atoms with Gasteiger partial charge in [-0.25, -0.2) is 0 Å². The molecule has 2 saturated carbocycles. The van der Waals surface area contributed by atoms with Gasteiger partial charge in [-0.3, -0.25) is 9.59 Å². The maximum atomic E-state index is 13.4. The van der Waals surface area contributed by atoms with Crippen molar-refractivity contribution in [3.8, 4) is 0 Å². The van der Waals surface area contributed by atoms with Crippen LogP contribution in [0.15, 0.2) is 30.3 Å². The molecule has 0 saturated heterocycles. The van der Waals surface area contributed by atoms with Gasteiger partial charge in [0.25, 0.3) is 0 Å². The first-order valence-electron chi connectivity index (χ1n) is 13.3. The number of unbranched alkanes of at least 4 members (excludes halogenated alkanes) is 2. The SMILES string of the molecule is CCN(C(=O)C(N)CCCCNC(=O)C(N)CCCCN)C1C2CCC(C2)C1c1ccccc1. The predicted octanol–water partition coefficient (Wildman–Crippen LogP) is 2.49. The lowest BCUT2D eigenvalue weighted by molar-refractivity contribution is -0.136. The lowest BCUT2D eigenvalue weighted by atomic mass is 9.78. The van der Waals surface area contributed by atoms with Crippen LogP contribution in [0.4, 0.5) is 0 Å². The number of nitrogens with one attached hydrogen (secondary N) is 1. The molecule has 2 fully saturated rings. The molecular formula is C27H45N5O2. The molecule has 2 bridgehead atoms. The molecule has 6 atom stereocenters. The van der Waals surface area contributed by atoms with Gasteiger partial charge in [-0.1, -0.05) is 36.8 Å². The largest absolute Gasteiger partial charge is 0.355 e. The molecule has 0 spiro atoms. The maximum Gasteiger partial charge on any atom is 0.239 e. The molecule has 0 aromatic heterocycles. The van der Waals surface area contributed by atoms with E-state index >= 15 is 0 Å². The Kier molecular flexibility index (Phi) is 10.4. The third-order valence-corrected chi connectivity index (χ3v) is 7.91. The third kappa shape index (κ3) is 6.58. The van der Waals surface area contributed by atoms with Gasteiger partial charge in [0.2, 0.25) is 11.8 Å². The number of fused-ring (bicyclic) bond motifs is 2. The van der Waals surface area contributed by atoms with Gasteiger partial charge >= 0.3 is 0 Å². The predicted molar refractivity (Wildman–Crippen MR) is 137 cm³/mol. The van der Waals surface area contributed by atoms with Crippen molar-refractivity contribution in [2.75, 3.05) is 19.6 Å². The normalized spacial score (nSPS) is 25.2. The number of nitrogens with zero attached hydrogens (tertiary/aromatic N) is 1. The standard InChI is InChI=1S/C27H45N5O2/c1-2-32(25-21-15-14-20(18-21)24(25)19-10-4-3-5-11-19)27(34)23(30)13-7-9-17-31-26(33)22(29)12-6-8-16-28/h3-5,10-11,20-25H,2,6-9,12-18,28-30H2,1H3,(H,31,33). The number of carbonyl (C=O) groups is 2. The smallest absolute Gasteiger partial charge is 0.239 e. The second kappa shape index (κ2) is 13.2. The van der Waals surface area contributed by atoms with Crippen molar-refractivity contribution in [3.05, 3.63) is 35.9 Å². The van der Waals surface area contributed by atoms with E-state index in [1.165, 1.54) is 24.8 Å². The van der Waals surface area contributed by atoms with Crippen molar-refractivity contribution >= 4 is 11.8 Å². The molecular weight excluding hydrogens is 426 g/mol. The molecule has 0 radical (unpaired) electrons. The van der Waals surface area contributed by atoms with Gasteiger partial charge in [0, 0.05) is 25.0 Å². The van der Waals surface area contributed by atoms with E-state index in [4.69, 9.17) is 17.2 Å². The number of hydrogen-bond acceptors (Lipinski definition) is 5. The van der Waals surface area contributed by atoms with Crippen LogP contribution in [0.25, 0.3) is 0 Å². The van der Waals surface area contributed by atoms with E-state index in [2.05, 4.69) is 47.5 Å². The van der Waals surface area contributed by atoms with Crippen molar-refractivity contribution in [2.45, 2.75) is 88.8 Å². The van der Waals surface area contributed by atoms with Gasteiger partial charge in [0.1, 0.15) is 0 Å². The summed E-state index contributed by atoms with van der Waals surface area (Å²) in [5, 5.41) is 2.90. The quantitative estimate of drug-likeness (QED) is 0.310. The van der Waals surface area contributed by atoms with Crippen molar-refractivity contribution in [2.24, 2.45) is 29.0 Å². The van der Waals surface area contributed by atoms with Crippen LogP contribution in [0.2, 0.25) is 0 Å². The van der Waals surface area contributed by atoms with Crippen LogP contribution in [0.3, 0.4) is 0 Å². The van der Waals surface area contributed by atoms with Crippen molar-refractivity contribution in [1.29, 1.82) is 0 Å². The second-order valence-corrected chi connectivity index (χ2v) is 10.2. The molecule has 190 valence electrons. The fourth-order valence-corrected chi connectivity index (χ4v) is 6.18. The fourth-order valence-electron chi connectivity index (χ4n) is 6.18. The number of likely N-dealkylation sites (N-methyl/N-ethyl adjacent to an activating group) is 1. The molecule has 3 rings (SSSR count). The minimum atomic E-state index is -0.496. The molecule has 2 aliphatic carbocycles. The molecule has 1 aromatic carbocycles. The summed E-state index contributed by atoms with van der Waals surface area (Å²) < 4.78 is 0. The van der Waals surface area contributed by atoms with E-state index in [0.29, 0.717) is 50.2 Å². The summed E-state index contributed by atoms with van der Waals surface area (Å²) in [6.07, 6.45) is 8.32. The van der Waals surface area contributed by atoms with Crippen molar-refractivity contribution in [1.82, 2.24) is 10.2 Å². The van der Waals surface area contributed by atoms with Gasteiger partial charge in [0.15, 0.2) is 0 Å². The van der Waals surface area contributed by atoms with Crippen LogP contribution in [-0.4, -0.2) is 54.5 Å². The zero-order valence-corrected chi connectivity index (χ0v) is 20.8. The van der Waals surface area contributed by atoms with Gasteiger partial charge < -0.3 is 27.4 Å². The summed E-state index contributed by atoms with van der Waals surface area (Å²) in [4.78, 5) is 27.6. The summed E-state index contributed by atoms with van der Waals surface area (Å²) in [6, 6.07) is 9.98. The first-order chi connectivity index (χ1) is 16.5. The Morgan fingerprint density at radius 2 is 1.68 bits per heavy atom. The Bertz CT molecular complexity index is 774. The average molecular weight is 472 g/mol. The van der Waals surface area contributed by atoms with E-state index in [9.17, 15) is 9.59 Å². The first kappa shape index (κ1) is 26.6. The fraction of sp³-hybridized carbons (Fsp3) is 0.704. The number of amides is 2. The summed E-state index contributed by atoms with van der Waals surface area (Å²) in [6.45, 7) is 3.95. The highest BCUT2D eigenvalue weighted by molar-refractivity contribution is 5.82. The third-order valence-electron chi connectivity index (χ3n) is 7.91. The van der Waals surface area contributed by atoms with Crippen LogP contribution < -0.4 is 22.5 Å². The molecule has 6 unspecified atom stereocenters. The lowest BCUT2D eigenvalue weighted by Gasteiger charge is -2.40. The first-order valence-corrected chi connectivity index (χ1v) is 13.3. The molecule has 7 N–H and O–H groups in total. The highest BCUT2D eigenvalue weighted by Gasteiger charge is 2.51. The maximum absolute atomic E-state index is 13.4. The van der Waals surface area contributed by atoms with Crippen LogP contribution in [0.5, 0.6) is 0 Å². The Morgan fingerprint density at radius 1 is 1.00 bits per heavy atom. The molecule has 1 aromatic rings. The monoisotopic (exact) mass is 471 g/mol. The highest BCUT2D eigenvalue weighted by Crippen LogP contribution is 2.54. The molecule has 7 heteroatoms. The molecule has 34 heavy (non-hydrogen) atoms. The topological polar surface area (TPSA) is 127 Å². The van der Waals surface area contributed by atoms with Crippen LogP contribution in [0, 0.1) is 11.8 Å². The van der Waals surface area contributed by atoms with E-state index < -0.39 is 12.1 Å². The Labute approximate surface area is 205 Å². The van der Waals surface area contributed by atoms with E-state index in [1.807, 2.05) is 0 Å². The molecule has 7 nitrogen and oxygen atoms in total. The summed E-state index contributed by atoms with van der Waals surface area (Å²) in [5.41, 5.74) is 19.2. The second-order valence-electron chi connectivity index (χ2n) is 10.2. The zero-order chi connectivity index (χ0) is 24.5. The summed E-state index contributed by atoms with van der Waals surface area (Å²) >= 11 is 0. The number of rotatable bonds is 14. The molecule has 0 aliphatic heterocycles. The van der Waals surface area contributed by atoms with Crippen molar-refractivity contribution in [3.63, 3.8) is 0 Å². The molecule has 0 heterocycles. The Balaban J connectivity index is 1.46. The number of carbonyl (C=O) groups excluding carboxylic acids is 2. The highest BCUT2D eigenvalue weighted by atomic mass is 16.2. The van der Waals surface area contributed by atoms with Gasteiger partial charge in [-0.05, 0) is 82.2 Å². The number of hydrogen-bond donors (Lipinski definition) is 4. The summed E-state index contributed by atoms with van der Waals surface area (Å²) in [7, 11) is 0. The van der Waals surface area contributed by atoms with Gasteiger partial charge in [0.05, 0.1) is 12.1 Å².